The van der Waals surface area contributed by atoms with Gasteiger partial charge in [0, 0.05) is 37.7 Å². The van der Waals surface area contributed by atoms with Crippen LogP contribution < -0.4 is 5.73 Å². The second-order valence-corrected chi connectivity index (χ2v) is 8.28. The van der Waals surface area contributed by atoms with E-state index in [-0.39, 0.29) is 11.8 Å². The van der Waals surface area contributed by atoms with Gasteiger partial charge in [-0.25, -0.2) is 9.67 Å². The van der Waals surface area contributed by atoms with Gasteiger partial charge >= 0.3 is 0 Å². The van der Waals surface area contributed by atoms with Crippen molar-refractivity contribution in [3.63, 3.8) is 0 Å². The summed E-state index contributed by atoms with van der Waals surface area (Å²) in [6, 6.07) is 17.5. The van der Waals surface area contributed by atoms with Gasteiger partial charge < -0.3 is 15.2 Å². The van der Waals surface area contributed by atoms with E-state index in [0.717, 1.165) is 47.6 Å². The number of para-hydroxylation sites is 2. The zero-order valence-corrected chi connectivity index (χ0v) is 17.8. The number of benzene rings is 2. The third-order valence-corrected chi connectivity index (χ3v) is 6.11. The maximum atomic E-state index is 13.2. The number of nitrogens with zero attached hydrogens (tertiary/aromatic N) is 5. The lowest BCUT2D eigenvalue weighted by Gasteiger charge is -2.32. The molecule has 0 radical (unpaired) electrons. The van der Waals surface area contributed by atoms with Crippen molar-refractivity contribution in [2.45, 2.75) is 25.7 Å². The number of amides is 1. The van der Waals surface area contributed by atoms with Crippen LogP contribution in [0.2, 0.25) is 0 Å². The summed E-state index contributed by atoms with van der Waals surface area (Å²) in [5.74, 6) is 1.93. The summed E-state index contributed by atoms with van der Waals surface area (Å²) in [5.41, 5.74) is 10.5. The van der Waals surface area contributed by atoms with E-state index in [1.807, 2.05) is 60.4 Å². The number of hydrogen-bond acceptors (Lipinski definition) is 4. The summed E-state index contributed by atoms with van der Waals surface area (Å²) in [7, 11) is 2.06. The summed E-state index contributed by atoms with van der Waals surface area (Å²) in [4.78, 5) is 20.0. The number of aromatic nitrogens is 4. The minimum absolute atomic E-state index is 0.0552. The van der Waals surface area contributed by atoms with Crippen LogP contribution >= 0.6 is 0 Å². The van der Waals surface area contributed by atoms with Crippen molar-refractivity contribution in [1.29, 1.82) is 0 Å². The number of nitrogen functional groups attached to an aromatic ring is 1. The third kappa shape index (κ3) is 3.46. The molecule has 1 aliphatic rings. The van der Waals surface area contributed by atoms with Crippen LogP contribution in [-0.4, -0.2) is 43.2 Å². The number of anilines is 1. The molecule has 3 heterocycles. The van der Waals surface area contributed by atoms with Crippen molar-refractivity contribution >= 4 is 22.8 Å². The first-order valence-corrected chi connectivity index (χ1v) is 10.6. The van der Waals surface area contributed by atoms with Gasteiger partial charge in [0.25, 0.3) is 5.91 Å². The molecule has 1 atom stereocenters. The molecular weight excluding hydrogens is 388 g/mol. The van der Waals surface area contributed by atoms with E-state index in [1.54, 1.807) is 4.68 Å². The highest BCUT2D eigenvalue weighted by atomic mass is 16.2. The van der Waals surface area contributed by atoms with Gasteiger partial charge in [0.1, 0.15) is 11.6 Å². The molecule has 1 saturated heterocycles. The van der Waals surface area contributed by atoms with Gasteiger partial charge in [-0.1, -0.05) is 12.1 Å². The van der Waals surface area contributed by atoms with Crippen LogP contribution in [0.5, 0.6) is 0 Å². The van der Waals surface area contributed by atoms with Gasteiger partial charge in [-0.05, 0) is 56.2 Å². The summed E-state index contributed by atoms with van der Waals surface area (Å²) in [6.07, 6.45) is 2.01. The Hall–Kier alpha value is -3.61. The van der Waals surface area contributed by atoms with Gasteiger partial charge in [0.15, 0.2) is 0 Å². The van der Waals surface area contributed by atoms with Gasteiger partial charge in [-0.3, -0.25) is 4.79 Å². The van der Waals surface area contributed by atoms with Crippen molar-refractivity contribution in [1.82, 2.24) is 24.2 Å². The van der Waals surface area contributed by atoms with E-state index < -0.39 is 0 Å². The normalized spacial score (nSPS) is 16.7. The Bertz CT molecular complexity index is 1250. The molecule has 31 heavy (non-hydrogen) atoms. The summed E-state index contributed by atoms with van der Waals surface area (Å²) in [5, 5.41) is 4.40. The zero-order valence-electron chi connectivity index (χ0n) is 17.8. The fraction of sp³-hybridized carbons (Fsp3) is 0.292. The smallest absolute Gasteiger partial charge is 0.253 e. The number of piperidine rings is 1. The fourth-order valence-electron chi connectivity index (χ4n) is 4.56. The van der Waals surface area contributed by atoms with Gasteiger partial charge in [-0.2, -0.15) is 5.10 Å². The average molecular weight is 415 g/mol. The maximum absolute atomic E-state index is 13.2. The second kappa shape index (κ2) is 7.58. The predicted octanol–water partition coefficient (Wildman–Crippen LogP) is 3.67. The average Bonchev–Trinajstić information content (AvgIpc) is 3.32. The quantitative estimate of drug-likeness (QED) is 0.555. The Labute approximate surface area is 181 Å². The lowest BCUT2D eigenvalue weighted by molar-refractivity contribution is 0.0704. The molecule has 0 bridgehead atoms. The number of hydrogen-bond donors (Lipinski definition) is 1. The first kappa shape index (κ1) is 19.4. The van der Waals surface area contributed by atoms with E-state index in [9.17, 15) is 4.79 Å². The fourth-order valence-corrected chi connectivity index (χ4v) is 4.56. The maximum Gasteiger partial charge on any atom is 0.253 e. The minimum Gasteiger partial charge on any atom is -0.384 e. The highest BCUT2D eigenvalue weighted by Gasteiger charge is 2.28. The molecule has 1 fully saturated rings. The van der Waals surface area contributed by atoms with Crippen LogP contribution in [0.3, 0.4) is 0 Å². The van der Waals surface area contributed by atoms with E-state index in [2.05, 4.69) is 22.8 Å². The molecule has 2 N–H and O–H groups in total. The largest absolute Gasteiger partial charge is 0.384 e. The summed E-state index contributed by atoms with van der Waals surface area (Å²) < 4.78 is 3.85. The Morgan fingerprint density at radius 3 is 2.61 bits per heavy atom. The van der Waals surface area contributed by atoms with E-state index >= 15 is 0 Å². The molecule has 2 aromatic carbocycles. The minimum atomic E-state index is 0.0552. The highest BCUT2D eigenvalue weighted by molar-refractivity contribution is 5.94. The van der Waals surface area contributed by atoms with Crippen LogP contribution in [0.1, 0.15) is 40.6 Å². The highest BCUT2D eigenvalue weighted by Crippen LogP contribution is 2.29. The Morgan fingerprint density at radius 2 is 1.90 bits per heavy atom. The lowest BCUT2D eigenvalue weighted by Crippen LogP contribution is -2.39. The van der Waals surface area contributed by atoms with Gasteiger partial charge in [-0.15, -0.1) is 0 Å². The molecule has 7 heteroatoms. The number of likely N-dealkylation sites (tertiary alicyclic amines) is 1. The van der Waals surface area contributed by atoms with Crippen molar-refractivity contribution in [2.24, 2.45) is 7.05 Å². The standard InChI is InChI=1S/C24H26N6O/c1-16-14-22(25)30(27-16)19-11-9-17(10-12-19)24(31)29-13-5-6-18(15-29)23-26-20-7-3-4-8-21(20)28(23)2/h3-4,7-12,14,18H,5-6,13,15,25H2,1-2H3/t18-/m1/s1. The molecule has 0 spiro atoms. The van der Waals surface area contributed by atoms with Crippen molar-refractivity contribution in [3.8, 4) is 5.69 Å². The van der Waals surface area contributed by atoms with Crippen molar-refractivity contribution in [3.05, 3.63) is 71.7 Å². The number of aryl methyl sites for hydroxylation is 2. The van der Waals surface area contributed by atoms with Crippen LogP contribution in [0.4, 0.5) is 5.82 Å². The molecule has 1 amide bonds. The van der Waals surface area contributed by atoms with Crippen LogP contribution in [0, 0.1) is 6.92 Å². The Kier molecular flexibility index (Phi) is 4.73. The molecule has 1 aliphatic heterocycles. The Morgan fingerprint density at radius 1 is 1.13 bits per heavy atom. The molecule has 0 saturated carbocycles. The SMILES string of the molecule is Cc1cc(N)n(-c2ccc(C(=O)N3CCC[C@@H](c4nc5ccccc5n4C)C3)cc2)n1. The lowest BCUT2D eigenvalue weighted by atomic mass is 9.96. The molecule has 5 rings (SSSR count). The van der Waals surface area contributed by atoms with Crippen LogP contribution in [-0.2, 0) is 7.05 Å². The molecule has 0 unspecified atom stereocenters. The summed E-state index contributed by atoms with van der Waals surface area (Å²) >= 11 is 0. The second-order valence-electron chi connectivity index (χ2n) is 8.28. The van der Waals surface area contributed by atoms with E-state index in [1.165, 1.54) is 0 Å². The molecule has 7 nitrogen and oxygen atoms in total. The van der Waals surface area contributed by atoms with Crippen LogP contribution in [0.15, 0.2) is 54.6 Å². The number of imidazole rings is 1. The summed E-state index contributed by atoms with van der Waals surface area (Å²) in [6.45, 7) is 3.36. The number of rotatable bonds is 3. The van der Waals surface area contributed by atoms with E-state index in [4.69, 9.17) is 10.7 Å². The van der Waals surface area contributed by atoms with Crippen molar-refractivity contribution < 1.29 is 4.79 Å². The molecular formula is C24H26N6O. The zero-order chi connectivity index (χ0) is 21.5. The number of fused-ring (bicyclic) bond motifs is 1. The van der Waals surface area contributed by atoms with Crippen molar-refractivity contribution in [2.75, 3.05) is 18.8 Å². The number of carbonyl (C=O) groups is 1. The topological polar surface area (TPSA) is 82.0 Å². The van der Waals surface area contributed by atoms with Crippen LogP contribution in [0.25, 0.3) is 16.7 Å². The predicted molar refractivity (Wildman–Crippen MR) is 121 cm³/mol. The third-order valence-electron chi connectivity index (χ3n) is 6.11. The Balaban J connectivity index is 1.35. The molecule has 4 aromatic rings. The van der Waals surface area contributed by atoms with Gasteiger partial charge in [0.2, 0.25) is 0 Å². The first-order chi connectivity index (χ1) is 15.0. The van der Waals surface area contributed by atoms with E-state index in [0.29, 0.717) is 17.9 Å². The molecule has 2 aromatic heterocycles. The van der Waals surface area contributed by atoms with Gasteiger partial charge in [0.05, 0.1) is 22.4 Å². The number of nitrogens with two attached hydrogens (primary N) is 1. The monoisotopic (exact) mass is 414 g/mol. The number of carbonyl (C=O) groups excluding carboxylic acids is 1. The molecule has 0 aliphatic carbocycles. The first-order valence-electron chi connectivity index (χ1n) is 10.6. The molecule has 158 valence electrons.